The molecule has 0 fully saturated rings. The van der Waals surface area contributed by atoms with Gasteiger partial charge in [-0.3, -0.25) is 0 Å². The molecule has 0 bridgehead atoms. The number of benzene rings is 2. The maximum Gasteiger partial charge on any atom is 0.358 e. The second-order valence-electron chi connectivity index (χ2n) is 5.04. The van der Waals surface area contributed by atoms with E-state index in [-0.39, 0.29) is 17.9 Å². The fraction of sp³-hybridized carbons (Fsp3) is 0.0556. The Hall–Kier alpha value is -2.75. The van der Waals surface area contributed by atoms with Crippen LogP contribution in [0.3, 0.4) is 0 Å². The van der Waals surface area contributed by atoms with Crippen LogP contribution in [0.25, 0.3) is 10.6 Å². The van der Waals surface area contributed by atoms with E-state index < -0.39 is 11.8 Å². The number of hydrogen-bond acceptors (Lipinski definition) is 5. The van der Waals surface area contributed by atoms with Gasteiger partial charge in [-0.1, -0.05) is 23.7 Å². The van der Waals surface area contributed by atoms with Crippen molar-refractivity contribution in [2.24, 2.45) is 0 Å². The van der Waals surface area contributed by atoms with Gasteiger partial charge in [-0.05, 0) is 30.3 Å². The zero-order valence-electron chi connectivity index (χ0n) is 12.7. The van der Waals surface area contributed by atoms with Crippen LogP contribution in [-0.4, -0.2) is 11.0 Å². The predicted octanol–water partition coefficient (Wildman–Crippen LogP) is 4.83. The highest BCUT2D eigenvalue weighted by atomic mass is 35.5. The van der Waals surface area contributed by atoms with Gasteiger partial charge in [0.05, 0.1) is 11.6 Å². The zero-order chi connectivity index (χ0) is 17.8. The van der Waals surface area contributed by atoms with E-state index in [1.54, 1.807) is 29.6 Å². The monoisotopic (exact) mass is 372 g/mol. The van der Waals surface area contributed by atoms with Crippen molar-refractivity contribution >= 4 is 28.9 Å². The summed E-state index contributed by atoms with van der Waals surface area (Å²) in [7, 11) is 0. The van der Waals surface area contributed by atoms with Crippen LogP contribution in [0.4, 0.5) is 4.39 Å². The van der Waals surface area contributed by atoms with Gasteiger partial charge in [-0.2, -0.15) is 5.26 Å². The van der Waals surface area contributed by atoms with Gasteiger partial charge in [-0.15, -0.1) is 11.3 Å². The Balaban J connectivity index is 1.70. The Morgan fingerprint density at radius 2 is 2.04 bits per heavy atom. The molecule has 3 rings (SSSR count). The average molecular weight is 373 g/mol. The molecule has 0 unspecified atom stereocenters. The van der Waals surface area contributed by atoms with Crippen molar-refractivity contribution in [3.8, 4) is 16.6 Å². The molecule has 1 heterocycles. The lowest BCUT2D eigenvalue weighted by Crippen LogP contribution is -2.07. The third-order valence-corrected chi connectivity index (χ3v) is 4.48. The molecule has 0 saturated heterocycles. The lowest BCUT2D eigenvalue weighted by molar-refractivity contribution is 0.0463. The van der Waals surface area contributed by atoms with Crippen molar-refractivity contribution < 1.29 is 13.9 Å². The van der Waals surface area contributed by atoms with Crippen LogP contribution in [0.1, 0.15) is 21.6 Å². The first-order valence-electron chi connectivity index (χ1n) is 7.14. The van der Waals surface area contributed by atoms with Crippen molar-refractivity contribution in [2.75, 3.05) is 0 Å². The molecule has 0 atom stereocenters. The molecule has 25 heavy (non-hydrogen) atoms. The SMILES string of the molecule is N#Cc1ccc(F)c(COC(=O)c2csc(-c3ccc(Cl)cc3)n2)c1. The van der Waals surface area contributed by atoms with Crippen molar-refractivity contribution in [1.82, 2.24) is 4.98 Å². The maximum absolute atomic E-state index is 13.7. The van der Waals surface area contributed by atoms with Crippen LogP contribution in [-0.2, 0) is 11.3 Å². The quantitative estimate of drug-likeness (QED) is 0.615. The van der Waals surface area contributed by atoms with Gasteiger partial charge in [-0.25, -0.2) is 14.2 Å². The number of aromatic nitrogens is 1. The van der Waals surface area contributed by atoms with Gasteiger partial charge in [0.1, 0.15) is 17.4 Å². The van der Waals surface area contributed by atoms with Crippen LogP contribution in [0.15, 0.2) is 47.8 Å². The topological polar surface area (TPSA) is 63.0 Å². The Kier molecular flexibility index (Phi) is 5.08. The van der Waals surface area contributed by atoms with Crippen LogP contribution in [0.5, 0.6) is 0 Å². The maximum atomic E-state index is 13.7. The molecule has 0 aliphatic rings. The Morgan fingerprint density at radius 3 is 2.76 bits per heavy atom. The first kappa shape index (κ1) is 17.1. The fourth-order valence-corrected chi connectivity index (χ4v) is 2.99. The fourth-order valence-electron chi connectivity index (χ4n) is 2.06. The van der Waals surface area contributed by atoms with Gasteiger partial charge in [0.15, 0.2) is 5.69 Å². The third-order valence-electron chi connectivity index (χ3n) is 3.34. The number of carbonyl (C=O) groups is 1. The van der Waals surface area contributed by atoms with Crippen LogP contribution in [0.2, 0.25) is 5.02 Å². The van der Waals surface area contributed by atoms with E-state index in [9.17, 15) is 9.18 Å². The molecular formula is C18H10ClFN2O2S. The van der Waals surface area contributed by atoms with Gasteiger partial charge < -0.3 is 4.74 Å². The summed E-state index contributed by atoms with van der Waals surface area (Å²) in [6.45, 7) is -0.270. The summed E-state index contributed by atoms with van der Waals surface area (Å²) in [5.41, 5.74) is 1.42. The molecule has 1 aromatic heterocycles. The lowest BCUT2D eigenvalue weighted by Gasteiger charge is -2.05. The van der Waals surface area contributed by atoms with Crippen molar-refractivity contribution in [3.05, 3.63) is 75.5 Å². The van der Waals surface area contributed by atoms with Gasteiger partial charge in [0.25, 0.3) is 0 Å². The van der Waals surface area contributed by atoms with Crippen LogP contribution >= 0.6 is 22.9 Å². The summed E-state index contributed by atoms with van der Waals surface area (Å²) >= 11 is 7.14. The normalized spacial score (nSPS) is 10.3. The first-order chi connectivity index (χ1) is 12.1. The second-order valence-corrected chi connectivity index (χ2v) is 6.33. The van der Waals surface area contributed by atoms with Gasteiger partial charge in [0.2, 0.25) is 0 Å². The molecule has 124 valence electrons. The molecule has 0 N–H and O–H groups in total. The average Bonchev–Trinajstić information content (AvgIpc) is 3.11. The van der Waals surface area contributed by atoms with E-state index in [4.69, 9.17) is 21.6 Å². The predicted molar refractivity (Wildman–Crippen MR) is 92.8 cm³/mol. The van der Waals surface area contributed by atoms with Crippen molar-refractivity contribution in [2.45, 2.75) is 6.61 Å². The Bertz CT molecular complexity index is 964. The van der Waals surface area contributed by atoms with Gasteiger partial charge >= 0.3 is 5.97 Å². The molecule has 0 saturated carbocycles. The molecular weight excluding hydrogens is 363 g/mol. The number of thiazole rings is 1. The highest BCUT2D eigenvalue weighted by Gasteiger charge is 2.14. The summed E-state index contributed by atoms with van der Waals surface area (Å²) in [5.74, 6) is -1.19. The number of esters is 1. The van der Waals surface area contributed by atoms with E-state index in [0.717, 1.165) is 5.56 Å². The molecule has 0 aliphatic heterocycles. The minimum absolute atomic E-state index is 0.139. The summed E-state index contributed by atoms with van der Waals surface area (Å²) < 4.78 is 18.8. The van der Waals surface area contributed by atoms with Crippen LogP contribution < -0.4 is 0 Å². The molecule has 0 amide bonds. The van der Waals surface area contributed by atoms with Crippen LogP contribution in [0, 0.1) is 17.1 Å². The number of rotatable bonds is 4. The van der Waals surface area contributed by atoms with E-state index in [1.165, 1.54) is 29.5 Å². The zero-order valence-corrected chi connectivity index (χ0v) is 14.3. The van der Waals surface area contributed by atoms with Gasteiger partial charge in [0, 0.05) is 21.5 Å². The molecule has 2 aromatic carbocycles. The number of hydrogen-bond donors (Lipinski definition) is 0. The minimum atomic E-state index is -0.654. The number of ether oxygens (including phenoxy) is 1. The first-order valence-corrected chi connectivity index (χ1v) is 8.39. The standard InChI is InChI=1S/C18H10ClFN2O2S/c19-14-4-2-12(3-5-14)17-22-16(10-25-17)18(23)24-9-13-7-11(8-21)1-6-15(13)20/h1-7,10H,9H2. The summed E-state index contributed by atoms with van der Waals surface area (Å²) in [5, 5.41) is 11.7. The minimum Gasteiger partial charge on any atom is -0.456 e. The Morgan fingerprint density at radius 1 is 1.28 bits per heavy atom. The summed E-state index contributed by atoms with van der Waals surface area (Å²) in [6, 6.07) is 12.9. The highest BCUT2D eigenvalue weighted by molar-refractivity contribution is 7.13. The molecule has 0 aliphatic carbocycles. The molecule has 0 spiro atoms. The third kappa shape index (κ3) is 4.02. The number of carbonyl (C=O) groups excluding carboxylic acids is 1. The Labute approximate surface area is 152 Å². The highest BCUT2D eigenvalue weighted by Crippen LogP contribution is 2.25. The lowest BCUT2D eigenvalue weighted by atomic mass is 10.1. The van der Waals surface area contributed by atoms with Crippen molar-refractivity contribution in [1.29, 1.82) is 5.26 Å². The summed E-state index contributed by atoms with van der Waals surface area (Å²) in [6.07, 6.45) is 0. The van der Waals surface area contributed by atoms with E-state index in [0.29, 0.717) is 15.6 Å². The molecule has 4 nitrogen and oxygen atoms in total. The second kappa shape index (κ2) is 7.43. The molecule has 3 aromatic rings. The van der Waals surface area contributed by atoms with E-state index in [2.05, 4.69) is 4.98 Å². The summed E-state index contributed by atoms with van der Waals surface area (Å²) in [4.78, 5) is 16.3. The van der Waals surface area contributed by atoms with E-state index in [1.807, 2.05) is 6.07 Å². The number of nitriles is 1. The number of nitrogens with zero attached hydrogens (tertiary/aromatic N) is 2. The van der Waals surface area contributed by atoms with E-state index >= 15 is 0 Å². The largest absolute Gasteiger partial charge is 0.456 e. The number of halogens is 2. The molecule has 0 radical (unpaired) electrons. The smallest absolute Gasteiger partial charge is 0.358 e. The molecule has 7 heteroatoms. The van der Waals surface area contributed by atoms with Crippen molar-refractivity contribution in [3.63, 3.8) is 0 Å².